The van der Waals surface area contributed by atoms with Crippen LogP contribution in [0.15, 0.2) is 35.3 Å². The Morgan fingerprint density at radius 2 is 1.90 bits per heavy atom. The first-order chi connectivity index (χ1) is 15.0. The largest absolute Gasteiger partial charge is 0.356 e. The number of aliphatic imine (C=N–C) groups is 1. The minimum atomic E-state index is -0.774. The van der Waals surface area contributed by atoms with Gasteiger partial charge in [0.25, 0.3) is 5.91 Å². The molecule has 2 heterocycles. The van der Waals surface area contributed by atoms with Crippen molar-refractivity contribution in [3.8, 4) is 0 Å². The number of imide groups is 1. The van der Waals surface area contributed by atoms with E-state index in [9.17, 15) is 9.59 Å². The highest BCUT2D eigenvalue weighted by Gasteiger charge is 2.45. The third kappa shape index (κ3) is 5.55. The Morgan fingerprint density at radius 3 is 2.52 bits per heavy atom. The number of nitrogens with zero attached hydrogens (tertiary/aromatic N) is 3. The van der Waals surface area contributed by atoms with Crippen LogP contribution in [0.3, 0.4) is 0 Å². The number of likely N-dealkylation sites (tertiary alicyclic amines) is 1. The van der Waals surface area contributed by atoms with E-state index in [0.717, 1.165) is 25.6 Å². The van der Waals surface area contributed by atoms with Gasteiger partial charge in [0.05, 0.1) is 6.04 Å². The minimum absolute atomic E-state index is 0.140. The predicted molar refractivity (Wildman–Crippen MR) is 123 cm³/mol. The summed E-state index contributed by atoms with van der Waals surface area (Å²) >= 11 is 0. The molecule has 2 unspecified atom stereocenters. The van der Waals surface area contributed by atoms with Crippen molar-refractivity contribution in [2.45, 2.75) is 51.1 Å². The van der Waals surface area contributed by atoms with Gasteiger partial charge in [-0.2, -0.15) is 0 Å². The molecule has 0 saturated carbocycles. The molecular weight excluding hydrogens is 392 g/mol. The molecule has 2 aliphatic rings. The van der Waals surface area contributed by atoms with Gasteiger partial charge in [-0.3, -0.25) is 19.6 Å². The Morgan fingerprint density at radius 1 is 1.19 bits per heavy atom. The summed E-state index contributed by atoms with van der Waals surface area (Å²) in [4.78, 5) is 32.8. The molecule has 1 aromatic carbocycles. The van der Waals surface area contributed by atoms with Crippen molar-refractivity contribution in [1.82, 2.24) is 25.8 Å². The van der Waals surface area contributed by atoms with Crippen LogP contribution in [0.25, 0.3) is 0 Å². The molecule has 0 aromatic heterocycles. The Labute approximate surface area is 185 Å². The van der Waals surface area contributed by atoms with Crippen LogP contribution in [0.1, 0.15) is 51.1 Å². The van der Waals surface area contributed by atoms with Crippen LogP contribution in [-0.2, 0) is 4.79 Å². The molecule has 0 radical (unpaired) electrons. The minimum Gasteiger partial charge on any atom is -0.356 e. The van der Waals surface area contributed by atoms with Crippen molar-refractivity contribution in [3.05, 3.63) is 35.9 Å². The number of rotatable bonds is 9. The SMILES string of the molecule is CCC1(C)NC(=O)N(CCCNC(=NC)NCC(c2ccccc2)N2CCCC2)C1=O. The number of carbonyl (C=O) groups is 2. The van der Waals surface area contributed by atoms with Crippen LogP contribution in [0, 0.1) is 0 Å². The summed E-state index contributed by atoms with van der Waals surface area (Å²) in [6.45, 7) is 7.71. The van der Waals surface area contributed by atoms with Gasteiger partial charge in [-0.15, -0.1) is 0 Å². The molecule has 0 spiro atoms. The summed E-state index contributed by atoms with van der Waals surface area (Å²) in [6, 6.07) is 10.6. The van der Waals surface area contributed by atoms with E-state index >= 15 is 0 Å². The summed E-state index contributed by atoms with van der Waals surface area (Å²) in [6.07, 6.45) is 3.74. The molecular formula is C23H36N6O2. The van der Waals surface area contributed by atoms with Crippen LogP contribution < -0.4 is 16.0 Å². The highest BCUT2D eigenvalue weighted by atomic mass is 16.2. The molecule has 3 amide bonds. The van der Waals surface area contributed by atoms with Crippen LogP contribution in [0.5, 0.6) is 0 Å². The predicted octanol–water partition coefficient (Wildman–Crippen LogP) is 2.10. The highest BCUT2D eigenvalue weighted by molar-refractivity contribution is 6.06. The second-order valence-corrected chi connectivity index (χ2v) is 8.48. The first kappa shape index (κ1) is 23.1. The third-order valence-corrected chi connectivity index (χ3v) is 6.36. The lowest BCUT2D eigenvalue weighted by molar-refractivity contribution is -0.130. The zero-order chi connectivity index (χ0) is 22.3. The van der Waals surface area contributed by atoms with Gasteiger partial charge >= 0.3 is 6.03 Å². The number of urea groups is 1. The molecule has 1 aromatic rings. The van der Waals surface area contributed by atoms with Crippen LogP contribution in [-0.4, -0.2) is 73.0 Å². The van der Waals surface area contributed by atoms with Crippen molar-refractivity contribution < 1.29 is 9.59 Å². The summed E-state index contributed by atoms with van der Waals surface area (Å²) in [5, 5.41) is 9.55. The average Bonchev–Trinajstić information content (AvgIpc) is 3.39. The fourth-order valence-corrected chi connectivity index (χ4v) is 4.23. The first-order valence-electron chi connectivity index (χ1n) is 11.4. The molecule has 2 atom stereocenters. The number of hydrogen-bond donors (Lipinski definition) is 3. The third-order valence-electron chi connectivity index (χ3n) is 6.36. The fourth-order valence-electron chi connectivity index (χ4n) is 4.23. The van der Waals surface area contributed by atoms with E-state index in [0.29, 0.717) is 32.0 Å². The van der Waals surface area contributed by atoms with Gasteiger partial charge in [0.1, 0.15) is 5.54 Å². The number of guanidine groups is 1. The van der Waals surface area contributed by atoms with Crippen molar-refractivity contribution >= 4 is 17.9 Å². The molecule has 2 saturated heterocycles. The second-order valence-electron chi connectivity index (χ2n) is 8.48. The Hall–Kier alpha value is -2.61. The molecule has 0 aliphatic carbocycles. The summed E-state index contributed by atoms with van der Waals surface area (Å²) in [7, 11) is 1.76. The van der Waals surface area contributed by atoms with Crippen molar-refractivity contribution in [2.75, 3.05) is 39.8 Å². The zero-order valence-corrected chi connectivity index (χ0v) is 19.0. The summed E-state index contributed by atoms with van der Waals surface area (Å²) in [5.74, 6) is 0.592. The van der Waals surface area contributed by atoms with Crippen molar-refractivity contribution in [1.29, 1.82) is 0 Å². The second kappa shape index (κ2) is 10.6. The number of benzene rings is 1. The van der Waals surface area contributed by atoms with Gasteiger partial charge in [0, 0.05) is 26.7 Å². The highest BCUT2D eigenvalue weighted by Crippen LogP contribution is 2.24. The lowest BCUT2D eigenvalue weighted by atomic mass is 9.99. The maximum atomic E-state index is 12.5. The molecule has 3 rings (SSSR count). The van der Waals surface area contributed by atoms with Crippen LogP contribution in [0.2, 0.25) is 0 Å². The van der Waals surface area contributed by atoms with Gasteiger partial charge in [-0.1, -0.05) is 37.3 Å². The molecule has 8 heteroatoms. The van der Waals surface area contributed by atoms with E-state index in [-0.39, 0.29) is 11.9 Å². The lowest BCUT2D eigenvalue weighted by Gasteiger charge is -2.29. The fraction of sp³-hybridized carbons (Fsp3) is 0.609. The van der Waals surface area contributed by atoms with Crippen molar-refractivity contribution in [3.63, 3.8) is 0 Å². The number of amides is 3. The van der Waals surface area contributed by atoms with Gasteiger partial charge < -0.3 is 16.0 Å². The van der Waals surface area contributed by atoms with Crippen LogP contribution in [0.4, 0.5) is 4.79 Å². The number of nitrogens with one attached hydrogen (secondary N) is 3. The van der Waals surface area contributed by atoms with Gasteiger partial charge in [-0.05, 0) is 51.3 Å². The van der Waals surface area contributed by atoms with Crippen LogP contribution >= 0.6 is 0 Å². The summed E-state index contributed by atoms with van der Waals surface area (Å²) in [5.41, 5.74) is 0.536. The standard InChI is InChI=1S/C23H36N6O2/c1-4-23(2)20(30)29(22(31)27-23)16-10-13-25-21(24-3)26-17-19(28-14-8-9-15-28)18-11-6-5-7-12-18/h5-7,11-12,19H,4,8-10,13-17H2,1-3H3,(H,27,31)(H2,24,25,26). The van der Waals surface area contributed by atoms with E-state index in [1.165, 1.54) is 23.3 Å². The normalized spacial score (nSPS) is 23.2. The quantitative estimate of drug-likeness (QED) is 0.243. The lowest BCUT2D eigenvalue weighted by Crippen LogP contribution is -2.44. The molecule has 2 fully saturated rings. The maximum absolute atomic E-state index is 12.5. The molecule has 2 aliphatic heterocycles. The number of hydrogen-bond acceptors (Lipinski definition) is 4. The Bertz CT molecular complexity index is 778. The Balaban J connectivity index is 1.47. The molecule has 170 valence electrons. The zero-order valence-electron chi connectivity index (χ0n) is 19.0. The monoisotopic (exact) mass is 428 g/mol. The van der Waals surface area contributed by atoms with E-state index in [4.69, 9.17) is 0 Å². The maximum Gasteiger partial charge on any atom is 0.325 e. The average molecular weight is 429 g/mol. The van der Waals surface area contributed by atoms with E-state index in [1.807, 2.05) is 13.0 Å². The summed E-state index contributed by atoms with van der Waals surface area (Å²) < 4.78 is 0. The van der Waals surface area contributed by atoms with E-state index in [1.54, 1.807) is 14.0 Å². The Kier molecular flexibility index (Phi) is 7.90. The van der Waals surface area contributed by atoms with E-state index < -0.39 is 5.54 Å². The molecule has 8 nitrogen and oxygen atoms in total. The molecule has 31 heavy (non-hydrogen) atoms. The topological polar surface area (TPSA) is 89.1 Å². The van der Waals surface area contributed by atoms with Gasteiger partial charge in [0.15, 0.2) is 5.96 Å². The number of carbonyl (C=O) groups excluding carboxylic acids is 2. The van der Waals surface area contributed by atoms with E-state index in [2.05, 4.69) is 50.1 Å². The molecule has 0 bridgehead atoms. The first-order valence-corrected chi connectivity index (χ1v) is 11.4. The smallest absolute Gasteiger partial charge is 0.325 e. The van der Waals surface area contributed by atoms with Gasteiger partial charge in [0.2, 0.25) is 0 Å². The van der Waals surface area contributed by atoms with Gasteiger partial charge in [-0.25, -0.2) is 4.79 Å². The molecule has 3 N–H and O–H groups in total. The van der Waals surface area contributed by atoms with Crippen molar-refractivity contribution in [2.24, 2.45) is 4.99 Å².